The third-order valence-corrected chi connectivity index (χ3v) is 5.25. The van der Waals surface area contributed by atoms with Gasteiger partial charge in [-0.1, -0.05) is 30.3 Å². The molecule has 0 amide bonds. The second kappa shape index (κ2) is 8.80. The van der Waals surface area contributed by atoms with Crippen LogP contribution in [0.2, 0.25) is 0 Å². The minimum atomic E-state index is -0.760. The first-order valence-electron chi connectivity index (χ1n) is 10.2. The molecule has 4 rings (SSSR count). The van der Waals surface area contributed by atoms with E-state index in [2.05, 4.69) is 4.98 Å². The van der Waals surface area contributed by atoms with Crippen LogP contribution in [-0.4, -0.2) is 54.3 Å². The molecule has 3 aromatic rings. The molecule has 0 bridgehead atoms. The number of ketones is 1. The Kier molecular flexibility index (Phi) is 6.11. The van der Waals surface area contributed by atoms with Gasteiger partial charge in [0, 0.05) is 38.0 Å². The lowest BCUT2D eigenvalue weighted by Crippen LogP contribution is -2.39. The number of fused-ring (bicyclic) bond motifs is 1. The molecular formula is C24H26N2O5. The number of ether oxygens (including phenoxy) is 4. The van der Waals surface area contributed by atoms with E-state index in [1.807, 2.05) is 38.1 Å². The molecule has 1 aliphatic rings. The van der Waals surface area contributed by atoms with Crippen molar-refractivity contribution in [2.45, 2.75) is 44.6 Å². The predicted molar refractivity (Wildman–Crippen MR) is 115 cm³/mol. The SMILES string of the molecule is COC(OC)C1OC(C)(C)OC1Cc1cnc2ccc(C(=O)c3ccccc3)cc2n1. The lowest BCUT2D eigenvalue weighted by molar-refractivity contribution is -0.201. The monoisotopic (exact) mass is 422 g/mol. The van der Waals surface area contributed by atoms with E-state index >= 15 is 0 Å². The molecule has 2 unspecified atom stereocenters. The molecule has 1 aromatic heterocycles. The molecule has 0 spiro atoms. The molecule has 7 heteroatoms. The summed E-state index contributed by atoms with van der Waals surface area (Å²) in [7, 11) is 3.14. The Bertz CT molecular complexity index is 1070. The fraction of sp³-hybridized carbons (Fsp3) is 0.375. The van der Waals surface area contributed by atoms with Gasteiger partial charge < -0.3 is 18.9 Å². The minimum absolute atomic E-state index is 0.0490. The normalized spacial score (nSPS) is 20.4. The Balaban J connectivity index is 1.60. The van der Waals surface area contributed by atoms with Crippen molar-refractivity contribution >= 4 is 16.8 Å². The summed E-state index contributed by atoms with van der Waals surface area (Å²) in [6.45, 7) is 3.71. The molecule has 0 saturated carbocycles. The van der Waals surface area contributed by atoms with Gasteiger partial charge in [-0.3, -0.25) is 9.78 Å². The van der Waals surface area contributed by atoms with E-state index < -0.39 is 18.2 Å². The third-order valence-electron chi connectivity index (χ3n) is 5.25. The second-order valence-electron chi connectivity index (χ2n) is 7.94. The molecule has 162 valence electrons. The highest BCUT2D eigenvalue weighted by Crippen LogP contribution is 2.32. The molecular weight excluding hydrogens is 396 g/mol. The van der Waals surface area contributed by atoms with Gasteiger partial charge in [0.25, 0.3) is 0 Å². The van der Waals surface area contributed by atoms with Crippen molar-refractivity contribution in [2.24, 2.45) is 0 Å². The van der Waals surface area contributed by atoms with Crippen LogP contribution in [0.15, 0.2) is 54.7 Å². The van der Waals surface area contributed by atoms with Crippen LogP contribution in [0.3, 0.4) is 0 Å². The molecule has 2 atom stereocenters. The first-order chi connectivity index (χ1) is 14.9. The zero-order chi connectivity index (χ0) is 22.0. The van der Waals surface area contributed by atoms with Gasteiger partial charge in [-0.25, -0.2) is 4.98 Å². The van der Waals surface area contributed by atoms with Crippen molar-refractivity contribution in [1.82, 2.24) is 9.97 Å². The Morgan fingerprint density at radius 3 is 2.48 bits per heavy atom. The topological polar surface area (TPSA) is 79.8 Å². The van der Waals surface area contributed by atoms with Crippen LogP contribution in [0.4, 0.5) is 0 Å². The molecule has 31 heavy (non-hydrogen) atoms. The number of hydrogen-bond acceptors (Lipinski definition) is 7. The maximum Gasteiger partial charge on any atom is 0.193 e. The number of hydrogen-bond donors (Lipinski definition) is 0. The van der Waals surface area contributed by atoms with Crippen LogP contribution >= 0.6 is 0 Å². The molecule has 0 N–H and O–H groups in total. The lowest BCUT2D eigenvalue weighted by Gasteiger charge is -2.24. The maximum atomic E-state index is 12.8. The lowest BCUT2D eigenvalue weighted by atomic mass is 10.0. The van der Waals surface area contributed by atoms with Crippen molar-refractivity contribution < 1.29 is 23.7 Å². The predicted octanol–water partition coefficient (Wildman–Crippen LogP) is 3.54. The van der Waals surface area contributed by atoms with Crippen molar-refractivity contribution in [3.05, 3.63) is 71.5 Å². The largest absolute Gasteiger partial charge is 0.353 e. The molecule has 1 aliphatic heterocycles. The highest BCUT2D eigenvalue weighted by molar-refractivity contribution is 6.10. The van der Waals surface area contributed by atoms with Gasteiger partial charge in [0.05, 0.1) is 22.8 Å². The molecule has 2 aromatic carbocycles. The summed E-state index contributed by atoms with van der Waals surface area (Å²) in [6, 6.07) is 14.6. The van der Waals surface area contributed by atoms with Crippen molar-refractivity contribution in [3.63, 3.8) is 0 Å². The molecule has 1 saturated heterocycles. The minimum Gasteiger partial charge on any atom is -0.353 e. The van der Waals surface area contributed by atoms with Gasteiger partial charge in [0.1, 0.15) is 6.10 Å². The number of aromatic nitrogens is 2. The first kappa shape index (κ1) is 21.5. The first-order valence-corrected chi connectivity index (χ1v) is 10.2. The third kappa shape index (κ3) is 4.65. The average molecular weight is 422 g/mol. The van der Waals surface area contributed by atoms with E-state index in [1.165, 1.54) is 0 Å². The standard InChI is InChI=1S/C24H26N2O5/c1-24(2)30-20(22(31-24)23(28-3)29-4)13-17-14-25-18-11-10-16(12-19(18)26-17)21(27)15-8-6-5-7-9-15/h5-12,14,20,22-23H,13H2,1-4H3. The van der Waals surface area contributed by atoms with Crippen LogP contribution < -0.4 is 0 Å². The van der Waals surface area contributed by atoms with E-state index in [0.29, 0.717) is 23.1 Å². The Hall–Kier alpha value is -2.71. The van der Waals surface area contributed by atoms with Gasteiger partial charge >= 0.3 is 0 Å². The van der Waals surface area contributed by atoms with Crippen LogP contribution in [0.5, 0.6) is 0 Å². The second-order valence-corrected chi connectivity index (χ2v) is 7.94. The average Bonchev–Trinajstić information content (AvgIpc) is 3.08. The summed E-state index contributed by atoms with van der Waals surface area (Å²) in [4.78, 5) is 22.0. The summed E-state index contributed by atoms with van der Waals surface area (Å²) in [5.74, 6) is -0.809. The molecule has 1 fully saturated rings. The molecule has 0 aliphatic carbocycles. The summed E-state index contributed by atoms with van der Waals surface area (Å²) in [6.07, 6.45) is 0.906. The summed E-state index contributed by atoms with van der Waals surface area (Å²) in [5.41, 5.74) is 3.32. The molecule has 7 nitrogen and oxygen atoms in total. The zero-order valence-electron chi connectivity index (χ0n) is 18.1. The van der Waals surface area contributed by atoms with Crippen LogP contribution in [0.1, 0.15) is 35.5 Å². The Labute approximate surface area is 181 Å². The van der Waals surface area contributed by atoms with E-state index in [-0.39, 0.29) is 11.9 Å². The van der Waals surface area contributed by atoms with Crippen LogP contribution in [-0.2, 0) is 25.4 Å². The van der Waals surface area contributed by atoms with Crippen molar-refractivity contribution in [1.29, 1.82) is 0 Å². The number of rotatable bonds is 7. The van der Waals surface area contributed by atoms with Crippen molar-refractivity contribution in [3.8, 4) is 0 Å². The van der Waals surface area contributed by atoms with Crippen molar-refractivity contribution in [2.75, 3.05) is 14.2 Å². The summed E-state index contributed by atoms with van der Waals surface area (Å²) < 4.78 is 22.9. The number of carbonyl (C=O) groups is 1. The summed E-state index contributed by atoms with van der Waals surface area (Å²) in [5, 5.41) is 0. The van der Waals surface area contributed by atoms with E-state index in [0.717, 1.165) is 11.2 Å². The van der Waals surface area contributed by atoms with Gasteiger partial charge in [-0.2, -0.15) is 0 Å². The quantitative estimate of drug-likeness (QED) is 0.426. The zero-order valence-corrected chi connectivity index (χ0v) is 18.1. The van der Waals surface area contributed by atoms with Crippen LogP contribution in [0.25, 0.3) is 11.0 Å². The highest BCUT2D eigenvalue weighted by atomic mass is 16.8. The van der Waals surface area contributed by atoms with Gasteiger partial charge in [-0.05, 0) is 32.0 Å². The fourth-order valence-electron chi connectivity index (χ4n) is 3.87. The maximum absolute atomic E-state index is 12.8. The van der Waals surface area contributed by atoms with E-state index in [9.17, 15) is 4.79 Å². The molecule has 2 heterocycles. The Morgan fingerprint density at radius 2 is 1.77 bits per heavy atom. The fourth-order valence-corrected chi connectivity index (χ4v) is 3.87. The molecule has 0 radical (unpaired) electrons. The number of nitrogens with zero attached hydrogens (tertiary/aromatic N) is 2. The van der Waals surface area contributed by atoms with Gasteiger partial charge in [0.2, 0.25) is 0 Å². The van der Waals surface area contributed by atoms with Crippen LogP contribution in [0, 0.1) is 0 Å². The number of benzene rings is 2. The Morgan fingerprint density at radius 1 is 1.03 bits per heavy atom. The highest BCUT2D eigenvalue weighted by Gasteiger charge is 2.45. The summed E-state index contributed by atoms with van der Waals surface area (Å²) >= 11 is 0. The van der Waals surface area contributed by atoms with E-state index in [4.69, 9.17) is 23.9 Å². The van der Waals surface area contributed by atoms with E-state index in [1.54, 1.807) is 44.7 Å². The smallest absolute Gasteiger partial charge is 0.193 e. The number of methoxy groups -OCH3 is 2. The van der Waals surface area contributed by atoms with Gasteiger partial charge in [0.15, 0.2) is 17.9 Å². The number of carbonyl (C=O) groups excluding carboxylic acids is 1. The van der Waals surface area contributed by atoms with Gasteiger partial charge in [-0.15, -0.1) is 0 Å².